The first-order chi connectivity index (χ1) is 9.89. The highest BCUT2D eigenvalue weighted by atomic mass is 32.2. The quantitative estimate of drug-likeness (QED) is 0.636. The van der Waals surface area contributed by atoms with Crippen molar-refractivity contribution < 1.29 is 8.42 Å². The van der Waals surface area contributed by atoms with Crippen molar-refractivity contribution >= 4 is 16.0 Å². The Kier molecular flexibility index (Phi) is 4.84. The van der Waals surface area contributed by atoms with Crippen LogP contribution in [0.4, 0.5) is 0 Å². The van der Waals surface area contributed by atoms with Crippen LogP contribution in [0, 0.1) is 5.92 Å². The summed E-state index contributed by atoms with van der Waals surface area (Å²) in [6, 6.07) is 6.72. The molecule has 1 aromatic carbocycles. The molecule has 116 valence electrons. The summed E-state index contributed by atoms with van der Waals surface area (Å²) in [6.07, 6.45) is 2.01. The monoisotopic (exact) mass is 310 g/mol. The number of nitrogens with two attached hydrogens (primary N) is 2. The fourth-order valence-electron chi connectivity index (χ4n) is 2.46. The fraction of sp³-hybridized carbons (Fsp3) is 0.500. The maximum absolute atomic E-state index is 12.6. The van der Waals surface area contributed by atoms with Crippen LogP contribution in [0.1, 0.15) is 25.3 Å². The second-order valence-electron chi connectivity index (χ2n) is 5.50. The van der Waals surface area contributed by atoms with E-state index in [1.807, 2.05) is 0 Å². The van der Waals surface area contributed by atoms with Gasteiger partial charge in [-0.2, -0.15) is 4.31 Å². The van der Waals surface area contributed by atoms with Gasteiger partial charge in [-0.05, 0) is 36.5 Å². The van der Waals surface area contributed by atoms with Crippen molar-refractivity contribution in [3.05, 3.63) is 29.8 Å². The molecule has 21 heavy (non-hydrogen) atoms. The lowest BCUT2D eigenvalue weighted by molar-refractivity contribution is 0.281. The van der Waals surface area contributed by atoms with E-state index in [4.69, 9.17) is 11.5 Å². The zero-order chi connectivity index (χ0) is 15.5. The molecular weight excluding hydrogens is 288 g/mol. The molecule has 0 aliphatic carbocycles. The molecule has 1 aromatic rings. The summed E-state index contributed by atoms with van der Waals surface area (Å²) in [6.45, 7) is 3.63. The second kappa shape index (κ2) is 6.44. The van der Waals surface area contributed by atoms with Gasteiger partial charge in [0.15, 0.2) is 5.96 Å². The first kappa shape index (κ1) is 15.8. The molecule has 1 saturated heterocycles. The van der Waals surface area contributed by atoms with E-state index < -0.39 is 10.0 Å². The number of hydrogen-bond donors (Lipinski definition) is 2. The van der Waals surface area contributed by atoms with Crippen molar-refractivity contribution in [3.63, 3.8) is 0 Å². The average molecular weight is 310 g/mol. The minimum Gasteiger partial charge on any atom is -0.370 e. The molecule has 6 nitrogen and oxygen atoms in total. The van der Waals surface area contributed by atoms with Gasteiger partial charge in [-0.1, -0.05) is 19.1 Å². The van der Waals surface area contributed by atoms with Crippen molar-refractivity contribution in [1.82, 2.24) is 4.31 Å². The highest BCUT2D eigenvalue weighted by molar-refractivity contribution is 7.89. The lowest BCUT2D eigenvalue weighted by Gasteiger charge is -2.30. The predicted octanol–water partition coefficient (Wildman–Crippen LogP) is 0.881. The van der Waals surface area contributed by atoms with Crippen LogP contribution in [0.15, 0.2) is 34.2 Å². The normalized spacial score (nSPS) is 20.1. The molecule has 7 heteroatoms. The van der Waals surface area contributed by atoms with E-state index in [1.54, 1.807) is 28.6 Å². The van der Waals surface area contributed by atoms with Crippen molar-refractivity contribution in [3.8, 4) is 0 Å². The summed E-state index contributed by atoms with van der Waals surface area (Å²) in [5, 5.41) is 0. The molecule has 0 aromatic heterocycles. The van der Waals surface area contributed by atoms with Crippen LogP contribution >= 0.6 is 0 Å². The van der Waals surface area contributed by atoms with Crippen LogP contribution in [0.2, 0.25) is 0 Å². The van der Waals surface area contributed by atoms with Gasteiger partial charge in [-0.15, -0.1) is 0 Å². The lowest BCUT2D eigenvalue weighted by Crippen LogP contribution is -2.39. The molecule has 0 bridgehead atoms. The van der Waals surface area contributed by atoms with Crippen molar-refractivity contribution in [2.75, 3.05) is 13.1 Å². The number of aliphatic imine (C=N–C) groups is 1. The van der Waals surface area contributed by atoms with E-state index in [0.29, 0.717) is 30.4 Å². The first-order valence-electron chi connectivity index (χ1n) is 7.04. The molecule has 0 amide bonds. The molecule has 0 saturated carbocycles. The molecule has 4 N–H and O–H groups in total. The van der Waals surface area contributed by atoms with Crippen LogP contribution in [0.5, 0.6) is 0 Å². The summed E-state index contributed by atoms with van der Waals surface area (Å²) in [4.78, 5) is 4.22. The van der Waals surface area contributed by atoms with E-state index in [1.165, 1.54) is 0 Å². The summed E-state index contributed by atoms with van der Waals surface area (Å²) in [5.41, 5.74) is 11.4. The minimum atomic E-state index is -3.39. The SMILES string of the molecule is CC1CCCN(S(=O)(=O)c2ccc(CN=C(N)N)cc2)C1. The van der Waals surface area contributed by atoms with Gasteiger partial charge in [0.2, 0.25) is 10.0 Å². The number of piperidine rings is 1. The summed E-state index contributed by atoms with van der Waals surface area (Å²) < 4.78 is 26.7. The maximum Gasteiger partial charge on any atom is 0.243 e. The molecule has 1 atom stereocenters. The van der Waals surface area contributed by atoms with Crippen molar-refractivity contribution in [2.24, 2.45) is 22.4 Å². The summed E-state index contributed by atoms with van der Waals surface area (Å²) in [7, 11) is -3.39. The van der Waals surface area contributed by atoms with Gasteiger partial charge in [0.1, 0.15) is 0 Å². The van der Waals surface area contributed by atoms with E-state index in [0.717, 1.165) is 18.4 Å². The maximum atomic E-state index is 12.6. The number of hydrogen-bond acceptors (Lipinski definition) is 3. The smallest absolute Gasteiger partial charge is 0.243 e. The van der Waals surface area contributed by atoms with Gasteiger partial charge in [0.25, 0.3) is 0 Å². The third-order valence-electron chi connectivity index (χ3n) is 3.63. The Hall–Kier alpha value is -1.60. The Bertz CT molecular complexity index is 606. The molecule has 1 heterocycles. The van der Waals surface area contributed by atoms with Gasteiger partial charge < -0.3 is 11.5 Å². The standard InChI is InChI=1S/C14H22N4O2S/c1-11-3-2-8-18(10-11)21(19,20)13-6-4-12(5-7-13)9-17-14(15)16/h4-7,11H,2-3,8-10H2,1H3,(H4,15,16,17). The zero-order valence-corrected chi connectivity index (χ0v) is 13.0. The predicted molar refractivity (Wildman–Crippen MR) is 83.1 cm³/mol. The molecule has 1 unspecified atom stereocenters. The van der Waals surface area contributed by atoms with Crippen molar-refractivity contribution in [1.29, 1.82) is 0 Å². The van der Waals surface area contributed by atoms with Gasteiger partial charge in [-0.3, -0.25) is 0 Å². The van der Waals surface area contributed by atoms with Gasteiger partial charge in [0, 0.05) is 13.1 Å². The summed E-state index contributed by atoms with van der Waals surface area (Å²) >= 11 is 0. The van der Waals surface area contributed by atoms with E-state index in [2.05, 4.69) is 11.9 Å². The molecule has 1 aliphatic heterocycles. The second-order valence-corrected chi connectivity index (χ2v) is 7.43. The third-order valence-corrected chi connectivity index (χ3v) is 5.50. The summed E-state index contributed by atoms with van der Waals surface area (Å²) in [5.74, 6) is 0.434. The zero-order valence-electron chi connectivity index (χ0n) is 12.2. The molecule has 0 spiro atoms. The molecule has 1 aliphatic rings. The van der Waals surface area contributed by atoms with Crippen LogP contribution in [-0.4, -0.2) is 31.8 Å². The van der Waals surface area contributed by atoms with Crippen LogP contribution < -0.4 is 11.5 Å². The van der Waals surface area contributed by atoms with Gasteiger partial charge in [-0.25, -0.2) is 13.4 Å². The van der Waals surface area contributed by atoms with Gasteiger partial charge >= 0.3 is 0 Å². The van der Waals surface area contributed by atoms with E-state index >= 15 is 0 Å². The van der Waals surface area contributed by atoms with Crippen LogP contribution in [0.3, 0.4) is 0 Å². The Morgan fingerprint density at radius 2 is 2.00 bits per heavy atom. The minimum absolute atomic E-state index is 0.0222. The molecule has 1 fully saturated rings. The highest BCUT2D eigenvalue weighted by Crippen LogP contribution is 2.23. The van der Waals surface area contributed by atoms with Crippen LogP contribution in [-0.2, 0) is 16.6 Å². The molecule has 0 radical (unpaired) electrons. The number of benzene rings is 1. The molecular formula is C14H22N4O2S. The Labute approximate surface area is 125 Å². The lowest BCUT2D eigenvalue weighted by atomic mass is 10.0. The topological polar surface area (TPSA) is 102 Å². The fourth-order valence-corrected chi connectivity index (χ4v) is 4.06. The van der Waals surface area contributed by atoms with Crippen LogP contribution in [0.25, 0.3) is 0 Å². The number of nitrogens with zero attached hydrogens (tertiary/aromatic N) is 2. The van der Waals surface area contributed by atoms with Crippen molar-refractivity contribution in [2.45, 2.75) is 31.2 Å². The average Bonchev–Trinajstić information content (AvgIpc) is 2.45. The Morgan fingerprint density at radius 1 is 1.33 bits per heavy atom. The number of sulfonamides is 1. The highest BCUT2D eigenvalue weighted by Gasteiger charge is 2.28. The van der Waals surface area contributed by atoms with Gasteiger partial charge in [0.05, 0.1) is 11.4 Å². The number of guanidine groups is 1. The largest absolute Gasteiger partial charge is 0.370 e. The third kappa shape index (κ3) is 3.95. The van der Waals surface area contributed by atoms with E-state index in [9.17, 15) is 8.42 Å². The first-order valence-corrected chi connectivity index (χ1v) is 8.48. The number of rotatable bonds is 4. The van der Waals surface area contributed by atoms with E-state index in [-0.39, 0.29) is 5.96 Å². The molecule has 2 rings (SSSR count). The Balaban J connectivity index is 2.15. The Morgan fingerprint density at radius 3 is 2.57 bits per heavy atom.